The fourth-order valence-electron chi connectivity index (χ4n) is 4.80. The molecule has 1 aliphatic carbocycles. The second kappa shape index (κ2) is 7.61. The van der Waals surface area contributed by atoms with Gasteiger partial charge in [-0.25, -0.2) is 0 Å². The van der Waals surface area contributed by atoms with Crippen LogP contribution in [0.2, 0.25) is 5.04 Å². The minimum atomic E-state index is -2.64. The van der Waals surface area contributed by atoms with Crippen LogP contribution in [-0.2, 0) is 13.9 Å². The van der Waals surface area contributed by atoms with Crippen LogP contribution in [0.5, 0.6) is 0 Å². The molecule has 30 heavy (non-hydrogen) atoms. The molecule has 0 spiro atoms. The lowest BCUT2D eigenvalue weighted by molar-refractivity contribution is -0.158. The fourth-order valence-corrected chi connectivity index (χ4v) is 9.40. The molecule has 0 N–H and O–H groups in total. The van der Waals surface area contributed by atoms with E-state index in [1.165, 1.54) is 10.4 Å². The van der Waals surface area contributed by atoms with Crippen molar-refractivity contribution >= 4 is 18.7 Å². The highest BCUT2D eigenvalue weighted by molar-refractivity contribution is 6.99. The van der Waals surface area contributed by atoms with Gasteiger partial charge in [-0.1, -0.05) is 99.7 Å². The van der Waals surface area contributed by atoms with Gasteiger partial charge in [-0.2, -0.15) is 0 Å². The van der Waals surface area contributed by atoms with Crippen LogP contribution in [0.25, 0.3) is 0 Å². The van der Waals surface area contributed by atoms with Gasteiger partial charge >= 0.3 is 0 Å². The highest BCUT2D eigenvalue weighted by Gasteiger charge is 2.56. The van der Waals surface area contributed by atoms with Gasteiger partial charge in [0.2, 0.25) is 0 Å². The van der Waals surface area contributed by atoms with Gasteiger partial charge in [-0.15, -0.1) is 0 Å². The molecule has 0 unspecified atom stereocenters. The molecule has 0 aromatic heterocycles. The number of hydrogen-bond donors (Lipinski definition) is 0. The lowest BCUT2D eigenvalue weighted by Gasteiger charge is -2.45. The average Bonchev–Trinajstić information content (AvgIpc) is 2.99. The van der Waals surface area contributed by atoms with Crippen LogP contribution in [0, 0.1) is 0 Å². The Morgan fingerprint density at radius 3 is 2.00 bits per heavy atom. The topological polar surface area (TPSA) is 27.7 Å². The number of fused-ring (bicyclic) bond motifs is 1. The molecule has 2 aromatic rings. The van der Waals surface area contributed by atoms with E-state index in [4.69, 9.17) is 13.9 Å². The molecule has 1 heterocycles. The highest BCUT2D eigenvalue weighted by atomic mass is 28.4. The Labute approximate surface area is 181 Å². The Bertz CT molecular complexity index is 888. The van der Waals surface area contributed by atoms with E-state index in [1.807, 2.05) is 26.0 Å². The molecule has 1 saturated heterocycles. The predicted molar refractivity (Wildman–Crippen MR) is 125 cm³/mol. The van der Waals surface area contributed by atoms with Crippen molar-refractivity contribution in [2.24, 2.45) is 0 Å². The van der Waals surface area contributed by atoms with Crippen molar-refractivity contribution in [3.8, 4) is 0 Å². The summed E-state index contributed by atoms with van der Waals surface area (Å²) in [7, 11) is -2.64. The van der Waals surface area contributed by atoms with E-state index in [-0.39, 0.29) is 11.1 Å². The SMILES string of the molecule is CC1(C)O[C@@H]2C=CC=C[C@]2(CO[Si](c2ccccc2)(c2ccccc2)C(C)(C)C)O1. The Morgan fingerprint density at radius 2 is 1.47 bits per heavy atom. The van der Waals surface area contributed by atoms with Crippen LogP contribution in [0.3, 0.4) is 0 Å². The summed E-state index contributed by atoms with van der Waals surface area (Å²) >= 11 is 0. The minimum Gasteiger partial charge on any atom is -0.404 e. The second-order valence-corrected chi connectivity index (χ2v) is 14.0. The van der Waals surface area contributed by atoms with Crippen molar-refractivity contribution in [3.05, 3.63) is 85.0 Å². The van der Waals surface area contributed by atoms with Crippen LogP contribution >= 0.6 is 0 Å². The number of allylic oxidation sites excluding steroid dienone is 2. The summed E-state index contributed by atoms with van der Waals surface area (Å²) in [6.45, 7) is 11.3. The molecule has 0 bridgehead atoms. The van der Waals surface area contributed by atoms with Crippen molar-refractivity contribution in [1.29, 1.82) is 0 Å². The van der Waals surface area contributed by atoms with Crippen LogP contribution in [0.4, 0.5) is 0 Å². The van der Waals surface area contributed by atoms with Crippen molar-refractivity contribution in [2.75, 3.05) is 6.61 Å². The van der Waals surface area contributed by atoms with Gasteiger partial charge in [0, 0.05) is 0 Å². The average molecular weight is 421 g/mol. The van der Waals surface area contributed by atoms with Crippen LogP contribution < -0.4 is 10.4 Å². The molecular formula is C26H32O3Si. The Kier molecular flexibility index (Phi) is 5.39. The molecule has 158 valence electrons. The van der Waals surface area contributed by atoms with E-state index in [2.05, 4.69) is 93.6 Å². The maximum Gasteiger partial charge on any atom is 0.261 e. The highest BCUT2D eigenvalue weighted by Crippen LogP contribution is 2.43. The molecule has 2 atom stereocenters. The van der Waals surface area contributed by atoms with Gasteiger partial charge in [-0.05, 0) is 35.3 Å². The molecule has 1 fully saturated rings. The largest absolute Gasteiger partial charge is 0.404 e. The molecule has 1 aliphatic heterocycles. The Morgan fingerprint density at radius 1 is 0.900 bits per heavy atom. The van der Waals surface area contributed by atoms with Gasteiger partial charge in [0.25, 0.3) is 8.32 Å². The monoisotopic (exact) mass is 420 g/mol. The van der Waals surface area contributed by atoms with Gasteiger partial charge in [0.05, 0.1) is 6.61 Å². The van der Waals surface area contributed by atoms with Crippen molar-refractivity contribution < 1.29 is 13.9 Å². The summed E-state index contributed by atoms with van der Waals surface area (Å²) in [5, 5.41) is 2.46. The van der Waals surface area contributed by atoms with Crippen molar-refractivity contribution in [3.63, 3.8) is 0 Å². The van der Waals surface area contributed by atoms with E-state index in [0.29, 0.717) is 6.61 Å². The van der Waals surface area contributed by atoms with E-state index in [9.17, 15) is 0 Å². The van der Waals surface area contributed by atoms with Gasteiger partial charge in [0.15, 0.2) is 5.79 Å². The standard InChI is InChI=1S/C26H32O3Si/c1-24(2,3)30(21-14-8-6-9-15-21,22-16-10-7-11-17-22)27-20-26-19-13-12-18-23(26)28-25(4,5)29-26/h6-19,23H,20H2,1-5H3/t23-,26-/m1/s1. The third kappa shape index (κ3) is 3.63. The van der Waals surface area contributed by atoms with Crippen LogP contribution in [0.15, 0.2) is 85.0 Å². The summed E-state index contributed by atoms with van der Waals surface area (Å²) in [5.41, 5.74) is -0.620. The molecule has 4 heteroatoms. The first kappa shape index (κ1) is 21.3. The summed E-state index contributed by atoms with van der Waals surface area (Å²) in [6.07, 6.45) is 8.08. The summed E-state index contributed by atoms with van der Waals surface area (Å²) in [4.78, 5) is 0. The fraction of sp³-hybridized carbons (Fsp3) is 0.385. The van der Waals surface area contributed by atoms with E-state index in [0.717, 1.165) is 0 Å². The maximum atomic E-state index is 7.15. The van der Waals surface area contributed by atoms with E-state index in [1.54, 1.807) is 0 Å². The quantitative estimate of drug-likeness (QED) is 0.663. The molecule has 0 radical (unpaired) electrons. The number of rotatable bonds is 5. The Balaban J connectivity index is 1.80. The zero-order valence-corrected chi connectivity index (χ0v) is 19.6. The van der Waals surface area contributed by atoms with Gasteiger partial charge in [0.1, 0.15) is 11.7 Å². The first-order chi connectivity index (χ1) is 14.2. The molecule has 3 nitrogen and oxygen atoms in total. The summed E-state index contributed by atoms with van der Waals surface area (Å²) in [6, 6.07) is 21.4. The zero-order chi connectivity index (χ0) is 21.5. The molecule has 4 rings (SSSR count). The number of ether oxygens (including phenoxy) is 2. The molecule has 2 aromatic carbocycles. The predicted octanol–water partition coefficient (Wildman–Crippen LogP) is 4.58. The second-order valence-electron chi connectivity index (χ2n) is 9.69. The first-order valence-corrected chi connectivity index (χ1v) is 12.6. The number of hydrogen-bond acceptors (Lipinski definition) is 3. The number of benzene rings is 2. The zero-order valence-electron chi connectivity index (χ0n) is 18.6. The van der Waals surface area contributed by atoms with Gasteiger partial charge < -0.3 is 13.9 Å². The summed E-state index contributed by atoms with van der Waals surface area (Å²) in [5.74, 6) is -0.654. The van der Waals surface area contributed by atoms with E-state index < -0.39 is 19.7 Å². The van der Waals surface area contributed by atoms with Crippen LogP contribution in [-0.4, -0.2) is 32.4 Å². The molecular weight excluding hydrogens is 388 g/mol. The molecule has 0 saturated carbocycles. The summed E-state index contributed by atoms with van der Waals surface area (Å²) < 4.78 is 19.8. The first-order valence-electron chi connectivity index (χ1n) is 10.7. The van der Waals surface area contributed by atoms with Gasteiger partial charge in [-0.3, -0.25) is 0 Å². The van der Waals surface area contributed by atoms with E-state index >= 15 is 0 Å². The third-order valence-electron chi connectivity index (χ3n) is 6.03. The normalized spacial score (nSPS) is 25.3. The Hall–Kier alpha value is -1.98. The third-order valence-corrected chi connectivity index (χ3v) is 11.0. The van der Waals surface area contributed by atoms with Crippen molar-refractivity contribution in [1.82, 2.24) is 0 Å². The molecule has 0 amide bonds. The van der Waals surface area contributed by atoms with Crippen molar-refractivity contribution in [2.45, 2.75) is 57.1 Å². The molecule has 2 aliphatic rings. The maximum absolute atomic E-state index is 7.15. The smallest absolute Gasteiger partial charge is 0.261 e. The minimum absolute atomic E-state index is 0.0783. The van der Waals surface area contributed by atoms with Crippen LogP contribution in [0.1, 0.15) is 34.6 Å². The lowest BCUT2D eigenvalue weighted by atomic mass is 9.93. The lowest BCUT2D eigenvalue weighted by Crippen LogP contribution is -2.68.